The Morgan fingerprint density at radius 1 is 1.15 bits per heavy atom. The number of guanidine groups is 1. The normalized spacial score (nSPS) is 19.7. The van der Waals surface area contributed by atoms with E-state index in [0.717, 1.165) is 57.0 Å². The summed E-state index contributed by atoms with van der Waals surface area (Å²) < 4.78 is 11.0. The number of carbonyl (C=O) groups is 1. The highest BCUT2D eigenvalue weighted by Gasteiger charge is 2.28. The molecule has 2 fully saturated rings. The van der Waals surface area contributed by atoms with Crippen LogP contribution in [0.5, 0.6) is 0 Å². The topological polar surface area (TPSA) is 87.9 Å². The van der Waals surface area contributed by atoms with E-state index >= 15 is 0 Å². The van der Waals surface area contributed by atoms with Gasteiger partial charge in [-0.15, -0.1) is 24.0 Å². The lowest BCUT2D eigenvalue weighted by atomic mass is 10.2. The molecule has 0 aromatic carbocycles. The summed E-state index contributed by atoms with van der Waals surface area (Å²) in [7, 11) is 0. The van der Waals surface area contributed by atoms with Crippen molar-refractivity contribution in [1.29, 1.82) is 0 Å². The lowest BCUT2D eigenvalue weighted by Crippen LogP contribution is -2.42. The molecule has 1 atom stereocenters. The van der Waals surface area contributed by atoms with Crippen LogP contribution in [0.15, 0.2) is 27.8 Å². The molecule has 1 aromatic rings. The van der Waals surface area contributed by atoms with Crippen LogP contribution >= 0.6 is 24.0 Å². The van der Waals surface area contributed by atoms with Crippen molar-refractivity contribution in [3.8, 4) is 0 Å². The number of hydrogen-bond donors (Lipinski definition) is 3. The number of carbonyl (C=O) groups excluding carboxylic acids is 1. The Kier molecular flexibility index (Phi) is 9.24. The monoisotopic (exact) mass is 476 g/mol. The highest BCUT2D eigenvalue weighted by molar-refractivity contribution is 14.0. The van der Waals surface area contributed by atoms with Gasteiger partial charge in [0, 0.05) is 38.6 Å². The Bertz CT molecular complexity index is 555. The summed E-state index contributed by atoms with van der Waals surface area (Å²) in [5, 5.41) is 9.54. The van der Waals surface area contributed by atoms with E-state index in [2.05, 4.69) is 20.9 Å². The molecule has 1 amide bonds. The number of furan rings is 1. The van der Waals surface area contributed by atoms with Crippen LogP contribution in [-0.4, -0.2) is 50.8 Å². The van der Waals surface area contributed by atoms with Crippen molar-refractivity contribution < 1.29 is 13.9 Å². The lowest BCUT2D eigenvalue weighted by molar-refractivity contribution is -0.122. The molecule has 1 unspecified atom stereocenters. The average Bonchev–Trinajstić information content (AvgIpc) is 3.10. The molecule has 3 rings (SSSR count). The Morgan fingerprint density at radius 2 is 1.96 bits per heavy atom. The van der Waals surface area contributed by atoms with Crippen molar-refractivity contribution in [1.82, 2.24) is 16.0 Å². The van der Waals surface area contributed by atoms with Crippen molar-refractivity contribution in [2.24, 2.45) is 10.9 Å². The molecule has 0 spiro atoms. The summed E-state index contributed by atoms with van der Waals surface area (Å²) in [6.45, 7) is 3.48. The van der Waals surface area contributed by atoms with Crippen LogP contribution in [0.4, 0.5) is 0 Å². The van der Waals surface area contributed by atoms with Gasteiger partial charge in [-0.25, -0.2) is 0 Å². The quantitative estimate of drug-likeness (QED) is 0.219. The van der Waals surface area contributed by atoms with Gasteiger partial charge in [-0.05, 0) is 37.8 Å². The number of hydrogen-bond acceptors (Lipinski definition) is 4. The standard InChI is InChI=1S/C18H28N4O3.HI/c23-17(14-5-6-14)19-9-10-21-18(22-13-16-4-2-12-25-16)20-8-7-15-3-1-11-24-15;/h1,3,11,14,16H,2,4-10,12-13H2,(H,19,23)(H2,20,21,22);1H. The van der Waals surface area contributed by atoms with Crippen LogP contribution < -0.4 is 16.0 Å². The van der Waals surface area contributed by atoms with Gasteiger partial charge in [-0.2, -0.15) is 0 Å². The minimum absolute atomic E-state index is 0. The van der Waals surface area contributed by atoms with Gasteiger partial charge in [0.15, 0.2) is 5.96 Å². The highest BCUT2D eigenvalue weighted by atomic mass is 127. The van der Waals surface area contributed by atoms with Crippen LogP contribution in [0, 0.1) is 5.92 Å². The number of aliphatic imine (C=N–C) groups is 1. The maximum atomic E-state index is 11.6. The molecule has 2 aliphatic rings. The number of nitrogens with one attached hydrogen (secondary N) is 3. The van der Waals surface area contributed by atoms with Crippen molar-refractivity contribution in [2.75, 3.05) is 32.8 Å². The van der Waals surface area contributed by atoms with E-state index in [1.54, 1.807) is 6.26 Å². The SMILES string of the molecule is I.O=C(NCCNC(=NCC1CCCO1)NCCc1ccco1)C1CC1. The second-order valence-electron chi connectivity index (χ2n) is 6.57. The van der Waals surface area contributed by atoms with Gasteiger partial charge in [0.1, 0.15) is 5.76 Å². The predicted octanol–water partition coefficient (Wildman–Crippen LogP) is 1.68. The van der Waals surface area contributed by atoms with Crippen LogP contribution in [0.2, 0.25) is 0 Å². The number of ether oxygens (including phenoxy) is 1. The van der Waals surface area contributed by atoms with E-state index in [0.29, 0.717) is 19.6 Å². The van der Waals surface area contributed by atoms with Crippen LogP contribution in [0.1, 0.15) is 31.4 Å². The summed E-state index contributed by atoms with van der Waals surface area (Å²) in [5.41, 5.74) is 0. The fourth-order valence-electron chi connectivity index (χ4n) is 2.77. The number of nitrogens with zero attached hydrogens (tertiary/aromatic N) is 1. The third-order valence-corrected chi connectivity index (χ3v) is 4.39. The van der Waals surface area contributed by atoms with Gasteiger partial charge in [0.05, 0.1) is 18.9 Å². The highest BCUT2D eigenvalue weighted by Crippen LogP contribution is 2.28. The molecule has 26 heavy (non-hydrogen) atoms. The molecule has 2 heterocycles. The molecule has 0 radical (unpaired) electrons. The van der Waals surface area contributed by atoms with Gasteiger partial charge in [-0.3, -0.25) is 9.79 Å². The summed E-state index contributed by atoms with van der Waals surface area (Å²) in [6.07, 6.45) is 6.94. The Labute approximate surface area is 171 Å². The molecule has 1 saturated heterocycles. The van der Waals surface area contributed by atoms with E-state index in [1.165, 1.54) is 0 Å². The molecule has 7 nitrogen and oxygen atoms in total. The Hall–Kier alpha value is -1.29. The smallest absolute Gasteiger partial charge is 0.223 e. The van der Waals surface area contributed by atoms with E-state index in [1.807, 2.05) is 12.1 Å². The molecule has 3 N–H and O–H groups in total. The largest absolute Gasteiger partial charge is 0.469 e. The zero-order valence-corrected chi connectivity index (χ0v) is 17.4. The van der Waals surface area contributed by atoms with Crippen LogP contribution in [0.3, 0.4) is 0 Å². The summed E-state index contributed by atoms with van der Waals surface area (Å²) in [6, 6.07) is 3.86. The first kappa shape index (κ1) is 21.0. The minimum Gasteiger partial charge on any atom is -0.469 e. The van der Waals surface area contributed by atoms with Crippen molar-refractivity contribution in [2.45, 2.75) is 38.2 Å². The zero-order valence-electron chi connectivity index (χ0n) is 15.0. The maximum absolute atomic E-state index is 11.6. The average molecular weight is 476 g/mol. The van der Waals surface area contributed by atoms with E-state index in [9.17, 15) is 4.79 Å². The van der Waals surface area contributed by atoms with Gasteiger partial charge in [-0.1, -0.05) is 0 Å². The molecular weight excluding hydrogens is 447 g/mol. The van der Waals surface area contributed by atoms with Gasteiger partial charge >= 0.3 is 0 Å². The molecule has 1 saturated carbocycles. The van der Waals surface area contributed by atoms with E-state index < -0.39 is 0 Å². The Morgan fingerprint density at radius 3 is 2.65 bits per heavy atom. The third-order valence-electron chi connectivity index (χ3n) is 4.39. The fourth-order valence-corrected chi connectivity index (χ4v) is 2.77. The Balaban J connectivity index is 0.00000243. The van der Waals surface area contributed by atoms with Crippen molar-refractivity contribution >= 4 is 35.8 Å². The lowest BCUT2D eigenvalue weighted by Gasteiger charge is -2.14. The maximum Gasteiger partial charge on any atom is 0.223 e. The zero-order chi connectivity index (χ0) is 17.3. The minimum atomic E-state index is 0. The summed E-state index contributed by atoms with van der Waals surface area (Å²) in [4.78, 5) is 16.3. The second-order valence-corrected chi connectivity index (χ2v) is 6.57. The van der Waals surface area contributed by atoms with Crippen LogP contribution in [-0.2, 0) is 16.0 Å². The van der Waals surface area contributed by atoms with E-state index in [-0.39, 0.29) is 41.9 Å². The molecule has 1 aliphatic heterocycles. The third kappa shape index (κ3) is 7.53. The number of halogens is 1. The van der Waals surface area contributed by atoms with Crippen LogP contribution in [0.25, 0.3) is 0 Å². The van der Waals surface area contributed by atoms with Gasteiger partial charge in [0.25, 0.3) is 0 Å². The first-order valence-corrected chi connectivity index (χ1v) is 9.25. The van der Waals surface area contributed by atoms with Gasteiger partial charge < -0.3 is 25.1 Å². The van der Waals surface area contributed by atoms with E-state index in [4.69, 9.17) is 9.15 Å². The molecule has 146 valence electrons. The fraction of sp³-hybridized carbons (Fsp3) is 0.667. The van der Waals surface area contributed by atoms with Crippen molar-refractivity contribution in [3.63, 3.8) is 0 Å². The molecule has 0 bridgehead atoms. The predicted molar refractivity (Wildman–Crippen MR) is 111 cm³/mol. The molecule has 8 heteroatoms. The second kappa shape index (κ2) is 11.4. The first-order chi connectivity index (χ1) is 12.3. The number of amides is 1. The molecular formula is C18H29IN4O3. The molecule has 1 aromatic heterocycles. The van der Waals surface area contributed by atoms with Gasteiger partial charge in [0.2, 0.25) is 5.91 Å². The first-order valence-electron chi connectivity index (χ1n) is 9.25. The van der Waals surface area contributed by atoms with Crippen molar-refractivity contribution in [3.05, 3.63) is 24.2 Å². The summed E-state index contributed by atoms with van der Waals surface area (Å²) >= 11 is 0. The molecule has 1 aliphatic carbocycles. The summed E-state index contributed by atoms with van der Waals surface area (Å²) in [5.74, 6) is 2.12. The number of rotatable bonds is 9.